The zero-order valence-corrected chi connectivity index (χ0v) is 10.5. The predicted molar refractivity (Wildman–Crippen MR) is 70.1 cm³/mol. The highest BCUT2D eigenvalue weighted by Gasteiger charge is 1.98. The number of hydrogen-bond donors (Lipinski definition) is 2. The fourth-order valence-electron chi connectivity index (χ4n) is 1.57. The van der Waals surface area contributed by atoms with Crippen molar-refractivity contribution >= 4 is 11.4 Å². The van der Waals surface area contributed by atoms with E-state index in [1.807, 2.05) is 19.4 Å². The zero-order chi connectivity index (χ0) is 11.8. The molecule has 4 heteroatoms. The maximum atomic E-state index is 4.15. The molecular weight excluding hydrogens is 200 g/mol. The highest BCUT2D eigenvalue weighted by Crippen LogP contribution is 2.11. The van der Waals surface area contributed by atoms with Gasteiger partial charge in [-0.15, -0.1) is 0 Å². The lowest BCUT2D eigenvalue weighted by atomic mass is 10.3. The van der Waals surface area contributed by atoms with Gasteiger partial charge in [0.2, 0.25) is 0 Å². The first kappa shape index (κ1) is 12.8. The Hall–Kier alpha value is -1.29. The monoisotopic (exact) mass is 222 g/mol. The van der Waals surface area contributed by atoms with E-state index in [2.05, 4.69) is 40.4 Å². The molecule has 0 atom stereocenters. The third kappa shape index (κ3) is 4.06. The third-order valence-electron chi connectivity index (χ3n) is 2.68. The minimum atomic E-state index is 0.955. The summed E-state index contributed by atoms with van der Waals surface area (Å²) in [7, 11) is 1.90. The molecule has 0 aliphatic rings. The molecule has 0 saturated heterocycles. The maximum absolute atomic E-state index is 4.15. The van der Waals surface area contributed by atoms with Crippen molar-refractivity contribution in [1.29, 1.82) is 0 Å². The molecule has 0 unspecified atom stereocenters. The van der Waals surface area contributed by atoms with Gasteiger partial charge in [-0.25, -0.2) is 0 Å². The number of pyridine rings is 1. The smallest absolute Gasteiger partial charge is 0.0547 e. The molecule has 90 valence electrons. The van der Waals surface area contributed by atoms with Crippen LogP contribution in [0.25, 0.3) is 0 Å². The molecule has 0 saturated carbocycles. The lowest BCUT2D eigenvalue weighted by Gasteiger charge is -2.18. The van der Waals surface area contributed by atoms with E-state index >= 15 is 0 Å². The minimum Gasteiger partial charge on any atom is -0.387 e. The number of nitrogens with zero attached hydrogens (tertiary/aromatic N) is 2. The molecular formula is C12H22N4. The SMILES string of the molecule is CCN(CC)CCNc1cncc(NC)c1. The van der Waals surface area contributed by atoms with E-state index in [1.54, 1.807) is 0 Å². The quantitative estimate of drug-likeness (QED) is 0.739. The Labute approximate surface area is 98.1 Å². The molecule has 0 aromatic carbocycles. The van der Waals surface area contributed by atoms with Crippen LogP contribution in [0, 0.1) is 0 Å². The van der Waals surface area contributed by atoms with Gasteiger partial charge in [-0.05, 0) is 19.2 Å². The topological polar surface area (TPSA) is 40.2 Å². The fraction of sp³-hybridized carbons (Fsp3) is 0.583. The normalized spacial score (nSPS) is 10.5. The molecule has 0 spiro atoms. The molecule has 1 aromatic heterocycles. The van der Waals surface area contributed by atoms with Crippen LogP contribution in [0.3, 0.4) is 0 Å². The van der Waals surface area contributed by atoms with Crippen LogP contribution in [-0.2, 0) is 0 Å². The van der Waals surface area contributed by atoms with Crippen molar-refractivity contribution in [3.8, 4) is 0 Å². The number of rotatable bonds is 7. The lowest BCUT2D eigenvalue weighted by Crippen LogP contribution is -2.28. The molecule has 0 bridgehead atoms. The summed E-state index contributed by atoms with van der Waals surface area (Å²) in [4.78, 5) is 6.55. The number of aromatic nitrogens is 1. The first-order valence-corrected chi connectivity index (χ1v) is 5.89. The van der Waals surface area contributed by atoms with Gasteiger partial charge in [0, 0.05) is 20.1 Å². The van der Waals surface area contributed by atoms with Crippen molar-refractivity contribution in [3.63, 3.8) is 0 Å². The molecule has 1 aromatic rings. The van der Waals surface area contributed by atoms with Gasteiger partial charge >= 0.3 is 0 Å². The second-order valence-corrected chi connectivity index (χ2v) is 3.67. The summed E-state index contributed by atoms with van der Waals surface area (Å²) in [6.07, 6.45) is 3.67. The average Bonchev–Trinajstić information content (AvgIpc) is 2.35. The molecule has 0 aliphatic carbocycles. The number of nitrogens with one attached hydrogen (secondary N) is 2. The van der Waals surface area contributed by atoms with Crippen molar-refractivity contribution in [2.24, 2.45) is 0 Å². The molecule has 1 heterocycles. The first-order chi connectivity index (χ1) is 7.80. The van der Waals surface area contributed by atoms with Crippen LogP contribution in [0.15, 0.2) is 18.5 Å². The number of anilines is 2. The van der Waals surface area contributed by atoms with E-state index in [-0.39, 0.29) is 0 Å². The molecule has 0 radical (unpaired) electrons. The van der Waals surface area contributed by atoms with Crippen molar-refractivity contribution in [1.82, 2.24) is 9.88 Å². The Balaban J connectivity index is 2.36. The van der Waals surface area contributed by atoms with Crippen LogP contribution in [0.2, 0.25) is 0 Å². The summed E-state index contributed by atoms with van der Waals surface area (Å²) in [5.41, 5.74) is 2.10. The summed E-state index contributed by atoms with van der Waals surface area (Å²) in [6.45, 7) is 8.60. The molecule has 4 nitrogen and oxygen atoms in total. The summed E-state index contributed by atoms with van der Waals surface area (Å²) in [5.74, 6) is 0. The Morgan fingerprint density at radius 3 is 2.50 bits per heavy atom. The van der Waals surface area contributed by atoms with Gasteiger partial charge in [-0.1, -0.05) is 13.8 Å². The molecule has 0 fully saturated rings. The largest absolute Gasteiger partial charge is 0.387 e. The van der Waals surface area contributed by atoms with Crippen LogP contribution in [0.4, 0.5) is 11.4 Å². The standard InChI is InChI=1S/C12H22N4/c1-4-16(5-2)7-6-15-12-8-11(13-3)9-14-10-12/h8-10,13,15H,4-7H2,1-3H3. The summed E-state index contributed by atoms with van der Waals surface area (Å²) < 4.78 is 0. The minimum absolute atomic E-state index is 0.955. The predicted octanol–water partition coefficient (Wildman–Crippen LogP) is 1.88. The molecule has 16 heavy (non-hydrogen) atoms. The van der Waals surface area contributed by atoms with E-state index in [4.69, 9.17) is 0 Å². The highest BCUT2D eigenvalue weighted by atomic mass is 15.1. The van der Waals surface area contributed by atoms with E-state index in [9.17, 15) is 0 Å². The number of hydrogen-bond acceptors (Lipinski definition) is 4. The molecule has 2 N–H and O–H groups in total. The summed E-state index contributed by atoms with van der Waals surface area (Å²) >= 11 is 0. The Morgan fingerprint density at radius 2 is 1.88 bits per heavy atom. The van der Waals surface area contributed by atoms with Crippen molar-refractivity contribution in [2.45, 2.75) is 13.8 Å². The molecule has 0 aliphatic heterocycles. The number of likely N-dealkylation sites (N-methyl/N-ethyl adjacent to an activating group) is 1. The van der Waals surface area contributed by atoms with Gasteiger partial charge in [0.25, 0.3) is 0 Å². The van der Waals surface area contributed by atoms with Crippen LogP contribution in [0.5, 0.6) is 0 Å². The molecule has 1 rings (SSSR count). The third-order valence-corrected chi connectivity index (χ3v) is 2.68. The van der Waals surface area contributed by atoms with Crippen LogP contribution >= 0.6 is 0 Å². The van der Waals surface area contributed by atoms with E-state index in [1.165, 1.54) is 0 Å². The van der Waals surface area contributed by atoms with Crippen molar-refractivity contribution < 1.29 is 0 Å². The zero-order valence-electron chi connectivity index (χ0n) is 10.5. The van der Waals surface area contributed by atoms with Gasteiger partial charge in [0.15, 0.2) is 0 Å². The van der Waals surface area contributed by atoms with Crippen molar-refractivity contribution in [3.05, 3.63) is 18.5 Å². The Kier molecular flexibility index (Phi) is 5.64. The first-order valence-electron chi connectivity index (χ1n) is 5.89. The highest BCUT2D eigenvalue weighted by molar-refractivity contribution is 5.53. The summed E-state index contributed by atoms with van der Waals surface area (Å²) in [6, 6.07) is 2.06. The van der Waals surface area contributed by atoms with E-state index < -0.39 is 0 Å². The van der Waals surface area contributed by atoms with Crippen LogP contribution in [0.1, 0.15) is 13.8 Å². The second kappa shape index (κ2) is 7.06. The van der Waals surface area contributed by atoms with Crippen LogP contribution in [-0.4, -0.2) is 43.1 Å². The van der Waals surface area contributed by atoms with E-state index in [0.29, 0.717) is 0 Å². The van der Waals surface area contributed by atoms with Gasteiger partial charge in [0.1, 0.15) is 0 Å². The van der Waals surface area contributed by atoms with Crippen LogP contribution < -0.4 is 10.6 Å². The fourth-order valence-corrected chi connectivity index (χ4v) is 1.57. The van der Waals surface area contributed by atoms with Gasteiger partial charge in [0.05, 0.1) is 23.8 Å². The maximum Gasteiger partial charge on any atom is 0.0547 e. The summed E-state index contributed by atoms with van der Waals surface area (Å²) in [5, 5.41) is 6.45. The average molecular weight is 222 g/mol. The molecule has 0 amide bonds. The second-order valence-electron chi connectivity index (χ2n) is 3.67. The van der Waals surface area contributed by atoms with Gasteiger partial charge in [-0.3, -0.25) is 4.98 Å². The Bertz CT molecular complexity index is 297. The van der Waals surface area contributed by atoms with Gasteiger partial charge in [-0.2, -0.15) is 0 Å². The van der Waals surface area contributed by atoms with Gasteiger partial charge < -0.3 is 15.5 Å². The van der Waals surface area contributed by atoms with Crippen molar-refractivity contribution in [2.75, 3.05) is 43.9 Å². The Morgan fingerprint density at radius 1 is 1.19 bits per heavy atom. The lowest BCUT2D eigenvalue weighted by molar-refractivity contribution is 0.316. The van der Waals surface area contributed by atoms with E-state index in [0.717, 1.165) is 37.6 Å².